The van der Waals surface area contributed by atoms with E-state index in [1.54, 1.807) is 12.1 Å². The zero-order valence-corrected chi connectivity index (χ0v) is 12.0. The summed E-state index contributed by atoms with van der Waals surface area (Å²) in [5.41, 5.74) is 1.46. The first-order valence-electron chi connectivity index (χ1n) is 6.82. The standard InChI is InChI=1S/C15H20ClNO2/c1-11-13(7-5-8-14(11)16)15(19)17-9-4-2-3-6-12(17)10-18/h5,7-8,12,18H,2-4,6,9-10H2,1H3. The molecule has 3 nitrogen and oxygen atoms in total. The molecule has 1 saturated heterocycles. The summed E-state index contributed by atoms with van der Waals surface area (Å²) in [7, 11) is 0. The van der Waals surface area contributed by atoms with Crippen LogP contribution in [-0.4, -0.2) is 35.1 Å². The molecule has 0 aromatic heterocycles. The van der Waals surface area contributed by atoms with Gasteiger partial charge in [0.2, 0.25) is 0 Å². The molecule has 0 saturated carbocycles. The van der Waals surface area contributed by atoms with Gasteiger partial charge in [0.15, 0.2) is 0 Å². The summed E-state index contributed by atoms with van der Waals surface area (Å²) in [6.45, 7) is 2.61. The Morgan fingerprint density at radius 3 is 2.95 bits per heavy atom. The molecule has 1 aliphatic rings. The van der Waals surface area contributed by atoms with Crippen molar-refractivity contribution in [3.05, 3.63) is 34.3 Å². The number of aliphatic hydroxyl groups excluding tert-OH is 1. The minimum atomic E-state index is -0.0617. The van der Waals surface area contributed by atoms with E-state index in [4.69, 9.17) is 11.6 Å². The Hall–Kier alpha value is -1.06. The number of hydrogen-bond donors (Lipinski definition) is 1. The van der Waals surface area contributed by atoms with E-state index in [2.05, 4.69) is 0 Å². The molecule has 1 N–H and O–H groups in total. The van der Waals surface area contributed by atoms with Crippen molar-refractivity contribution < 1.29 is 9.90 Å². The number of rotatable bonds is 2. The van der Waals surface area contributed by atoms with Gasteiger partial charge in [-0.15, -0.1) is 0 Å². The first-order chi connectivity index (χ1) is 9.15. The lowest BCUT2D eigenvalue weighted by Crippen LogP contribution is -2.42. The maximum Gasteiger partial charge on any atom is 0.254 e. The summed E-state index contributed by atoms with van der Waals surface area (Å²) in [5, 5.41) is 10.1. The topological polar surface area (TPSA) is 40.5 Å². The molecule has 1 fully saturated rings. The Labute approximate surface area is 119 Å². The summed E-state index contributed by atoms with van der Waals surface area (Å²) < 4.78 is 0. The normalized spacial score (nSPS) is 20.2. The van der Waals surface area contributed by atoms with Gasteiger partial charge in [-0.2, -0.15) is 0 Å². The molecule has 0 bridgehead atoms. The number of hydrogen-bond acceptors (Lipinski definition) is 2. The van der Waals surface area contributed by atoms with Gasteiger partial charge in [-0.25, -0.2) is 0 Å². The molecule has 1 aromatic rings. The van der Waals surface area contributed by atoms with Crippen LogP contribution in [0.25, 0.3) is 0 Å². The molecule has 0 radical (unpaired) electrons. The van der Waals surface area contributed by atoms with E-state index >= 15 is 0 Å². The van der Waals surface area contributed by atoms with Gasteiger partial charge >= 0.3 is 0 Å². The van der Waals surface area contributed by atoms with Crippen molar-refractivity contribution in [1.82, 2.24) is 4.90 Å². The second kappa shape index (κ2) is 6.40. The van der Waals surface area contributed by atoms with Crippen LogP contribution in [0.3, 0.4) is 0 Å². The Bertz CT molecular complexity index is 461. The van der Waals surface area contributed by atoms with Gasteiger partial charge in [-0.1, -0.05) is 30.5 Å². The molecular formula is C15H20ClNO2. The number of likely N-dealkylation sites (tertiary alicyclic amines) is 1. The molecule has 2 rings (SSSR count). The molecular weight excluding hydrogens is 262 g/mol. The Morgan fingerprint density at radius 1 is 1.42 bits per heavy atom. The van der Waals surface area contributed by atoms with Gasteiger partial charge in [0.05, 0.1) is 12.6 Å². The maximum absolute atomic E-state index is 12.7. The van der Waals surface area contributed by atoms with E-state index in [-0.39, 0.29) is 18.6 Å². The number of carbonyl (C=O) groups excluding carboxylic acids is 1. The highest BCUT2D eigenvalue weighted by atomic mass is 35.5. The zero-order chi connectivity index (χ0) is 13.8. The molecule has 1 unspecified atom stereocenters. The predicted octanol–water partition coefficient (Wildman–Crippen LogP) is 3.03. The van der Waals surface area contributed by atoms with Gasteiger partial charge in [-0.05, 0) is 37.5 Å². The van der Waals surface area contributed by atoms with Crippen molar-refractivity contribution in [3.63, 3.8) is 0 Å². The second-order valence-corrected chi connectivity index (χ2v) is 5.50. The molecule has 1 heterocycles. The third kappa shape index (κ3) is 3.10. The lowest BCUT2D eigenvalue weighted by atomic mass is 10.1. The van der Waals surface area contributed by atoms with Crippen LogP contribution in [0.2, 0.25) is 5.02 Å². The monoisotopic (exact) mass is 281 g/mol. The third-order valence-electron chi connectivity index (χ3n) is 3.85. The van der Waals surface area contributed by atoms with E-state index in [1.165, 1.54) is 0 Å². The Balaban J connectivity index is 2.28. The van der Waals surface area contributed by atoms with Crippen molar-refractivity contribution in [3.8, 4) is 0 Å². The average molecular weight is 282 g/mol. The fraction of sp³-hybridized carbons (Fsp3) is 0.533. The van der Waals surface area contributed by atoms with Crippen molar-refractivity contribution in [2.45, 2.75) is 38.6 Å². The maximum atomic E-state index is 12.7. The highest BCUT2D eigenvalue weighted by Gasteiger charge is 2.26. The molecule has 104 valence electrons. The van der Waals surface area contributed by atoms with Gasteiger partial charge in [0, 0.05) is 17.1 Å². The quantitative estimate of drug-likeness (QED) is 0.905. The molecule has 0 aliphatic carbocycles. The van der Waals surface area contributed by atoms with Crippen LogP contribution in [-0.2, 0) is 0 Å². The van der Waals surface area contributed by atoms with Gasteiger partial charge in [-0.3, -0.25) is 4.79 Å². The van der Waals surface area contributed by atoms with Crippen molar-refractivity contribution >= 4 is 17.5 Å². The molecule has 1 aromatic carbocycles. The minimum absolute atomic E-state index is 0.0130. The lowest BCUT2D eigenvalue weighted by Gasteiger charge is -2.29. The summed E-state index contributed by atoms with van der Waals surface area (Å²) in [6.07, 6.45) is 4.07. The van der Waals surface area contributed by atoms with E-state index in [0.717, 1.165) is 37.8 Å². The third-order valence-corrected chi connectivity index (χ3v) is 4.26. The molecule has 1 amide bonds. The number of benzene rings is 1. The molecule has 4 heteroatoms. The van der Waals surface area contributed by atoms with Crippen molar-refractivity contribution in [2.75, 3.05) is 13.2 Å². The van der Waals surface area contributed by atoms with E-state index in [9.17, 15) is 9.90 Å². The smallest absolute Gasteiger partial charge is 0.254 e. The molecule has 1 aliphatic heterocycles. The number of halogens is 1. The van der Waals surface area contributed by atoms with E-state index in [1.807, 2.05) is 17.9 Å². The van der Waals surface area contributed by atoms with Crippen molar-refractivity contribution in [2.24, 2.45) is 0 Å². The molecule has 19 heavy (non-hydrogen) atoms. The summed E-state index contributed by atoms with van der Waals surface area (Å²) >= 11 is 6.08. The van der Waals surface area contributed by atoms with E-state index in [0.29, 0.717) is 10.6 Å². The van der Waals surface area contributed by atoms with Gasteiger partial charge < -0.3 is 10.0 Å². The fourth-order valence-electron chi connectivity index (χ4n) is 2.63. The van der Waals surface area contributed by atoms with Gasteiger partial charge in [0.25, 0.3) is 5.91 Å². The average Bonchev–Trinajstić information content (AvgIpc) is 2.66. The fourth-order valence-corrected chi connectivity index (χ4v) is 2.80. The SMILES string of the molecule is Cc1c(Cl)cccc1C(=O)N1CCCCCC1CO. The first-order valence-corrected chi connectivity index (χ1v) is 7.20. The van der Waals surface area contributed by atoms with Crippen LogP contribution in [0, 0.1) is 6.92 Å². The lowest BCUT2D eigenvalue weighted by molar-refractivity contribution is 0.0599. The van der Waals surface area contributed by atoms with Crippen LogP contribution >= 0.6 is 11.6 Å². The van der Waals surface area contributed by atoms with Crippen LogP contribution < -0.4 is 0 Å². The van der Waals surface area contributed by atoms with Gasteiger partial charge in [0.1, 0.15) is 0 Å². The van der Waals surface area contributed by atoms with Crippen LogP contribution in [0.15, 0.2) is 18.2 Å². The largest absolute Gasteiger partial charge is 0.394 e. The number of nitrogens with zero attached hydrogens (tertiary/aromatic N) is 1. The summed E-state index contributed by atoms with van der Waals surface area (Å²) in [4.78, 5) is 14.5. The molecule has 0 spiro atoms. The summed E-state index contributed by atoms with van der Waals surface area (Å²) in [6, 6.07) is 5.34. The minimum Gasteiger partial charge on any atom is -0.394 e. The predicted molar refractivity (Wildman–Crippen MR) is 76.6 cm³/mol. The zero-order valence-electron chi connectivity index (χ0n) is 11.2. The summed E-state index contributed by atoms with van der Waals surface area (Å²) in [5.74, 6) is -0.0130. The Morgan fingerprint density at radius 2 is 2.21 bits per heavy atom. The molecule has 1 atom stereocenters. The number of carbonyl (C=O) groups is 1. The number of aliphatic hydroxyl groups is 1. The van der Waals surface area contributed by atoms with E-state index < -0.39 is 0 Å². The van der Waals surface area contributed by atoms with Crippen LogP contribution in [0.1, 0.15) is 41.6 Å². The first kappa shape index (κ1) is 14.4. The second-order valence-electron chi connectivity index (χ2n) is 5.10. The van der Waals surface area contributed by atoms with Crippen LogP contribution in [0.4, 0.5) is 0 Å². The highest BCUT2D eigenvalue weighted by Crippen LogP contribution is 2.23. The van der Waals surface area contributed by atoms with Crippen molar-refractivity contribution in [1.29, 1.82) is 0 Å². The number of amides is 1. The van der Waals surface area contributed by atoms with Crippen LogP contribution in [0.5, 0.6) is 0 Å². The highest BCUT2D eigenvalue weighted by molar-refractivity contribution is 6.31. The Kier molecular flexibility index (Phi) is 4.83.